The van der Waals surface area contributed by atoms with Gasteiger partial charge in [-0.25, -0.2) is 4.79 Å². The minimum Gasteiger partial charge on any atom is -0.448 e. The molecule has 2 aliphatic rings. The maximum absolute atomic E-state index is 12.0. The van der Waals surface area contributed by atoms with E-state index in [0.29, 0.717) is 29.6 Å². The summed E-state index contributed by atoms with van der Waals surface area (Å²) in [5.41, 5.74) is -0.430. The molecule has 0 radical (unpaired) electrons. The normalized spacial score (nSPS) is 27.6. The molecule has 2 fully saturated rings. The summed E-state index contributed by atoms with van der Waals surface area (Å²) in [6.45, 7) is 7.89. The highest BCUT2D eigenvalue weighted by molar-refractivity contribution is 6.28. The number of nitrogens with zero attached hydrogens (tertiary/aromatic N) is 1. The van der Waals surface area contributed by atoms with Crippen LogP contribution in [0.15, 0.2) is 16.5 Å². The number of nitrogens with one attached hydrogen (secondary N) is 1. The SMILES string of the molecule is CC(C)(C)OC(=O)N1CC2C(C1)C2NCc1ccc(Cl)o1. The molecule has 1 amide bonds. The second kappa shape index (κ2) is 5.21. The number of ether oxygens (including phenoxy) is 1. The van der Waals surface area contributed by atoms with E-state index < -0.39 is 5.60 Å². The van der Waals surface area contributed by atoms with E-state index in [1.165, 1.54) is 0 Å². The maximum Gasteiger partial charge on any atom is 0.410 e. The monoisotopic (exact) mass is 312 g/mol. The second-order valence-electron chi connectivity index (χ2n) is 6.83. The minimum absolute atomic E-state index is 0.203. The molecule has 1 N–H and O–H groups in total. The van der Waals surface area contributed by atoms with E-state index in [2.05, 4.69) is 5.32 Å². The van der Waals surface area contributed by atoms with Gasteiger partial charge < -0.3 is 19.4 Å². The summed E-state index contributed by atoms with van der Waals surface area (Å²) in [6.07, 6.45) is -0.203. The van der Waals surface area contributed by atoms with Gasteiger partial charge in [0.25, 0.3) is 0 Å². The molecule has 21 heavy (non-hydrogen) atoms. The third-order valence-electron chi connectivity index (χ3n) is 3.99. The van der Waals surface area contributed by atoms with Gasteiger partial charge in [-0.3, -0.25) is 0 Å². The van der Waals surface area contributed by atoms with E-state index in [1.54, 1.807) is 6.07 Å². The van der Waals surface area contributed by atoms with Crippen molar-refractivity contribution in [1.82, 2.24) is 10.2 Å². The zero-order chi connectivity index (χ0) is 15.2. The number of hydrogen-bond donors (Lipinski definition) is 1. The molecular weight excluding hydrogens is 292 g/mol. The average Bonchev–Trinajstić information content (AvgIpc) is 2.77. The standard InChI is InChI=1S/C15H21ClN2O3/c1-15(2,3)21-14(19)18-7-10-11(8-18)13(10)17-6-9-4-5-12(16)20-9/h4-5,10-11,13,17H,6-8H2,1-3H3. The molecule has 0 bridgehead atoms. The van der Waals surface area contributed by atoms with Crippen LogP contribution < -0.4 is 5.32 Å². The first kappa shape index (κ1) is 14.7. The van der Waals surface area contributed by atoms with Gasteiger partial charge in [0.2, 0.25) is 0 Å². The van der Waals surface area contributed by atoms with Crippen LogP contribution in [0.3, 0.4) is 0 Å². The molecule has 1 aromatic rings. The number of carbonyl (C=O) groups is 1. The smallest absolute Gasteiger partial charge is 0.410 e. The van der Waals surface area contributed by atoms with Gasteiger partial charge in [-0.05, 0) is 56.3 Å². The lowest BCUT2D eigenvalue weighted by Crippen LogP contribution is -2.39. The molecule has 2 atom stereocenters. The van der Waals surface area contributed by atoms with E-state index in [-0.39, 0.29) is 6.09 Å². The van der Waals surface area contributed by atoms with Crippen LogP contribution in [0, 0.1) is 11.8 Å². The Bertz CT molecular complexity index is 525. The van der Waals surface area contributed by atoms with Crippen LogP contribution in [0.5, 0.6) is 0 Å². The van der Waals surface area contributed by atoms with Gasteiger partial charge in [-0.2, -0.15) is 0 Å². The number of halogens is 1. The van der Waals surface area contributed by atoms with E-state index >= 15 is 0 Å². The van der Waals surface area contributed by atoms with Crippen molar-refractivity contribution in [2.45, 2.75) is 39.0 Å². The van der Waals surface area contributed by atoms with Crippen molar-refractivity contribution in [3.05, 3.63) is 23.1 Å². The Balaban J connectivity index is 1.43. The Morgan fingerprint density at radius 3 is 2.62 bits per heavy atom. The molecule has 1 saturated carbocycles. The van der Waals surface area contributed by atoms with Gasteiger partial charge in [0.1, 0.15) is 11.4 Å². The highest BCUT2D eigenvalue weighted by atomic mass is 35.5. The molecule has 2 unspecified atom stereocenters. The van der Waals surface area contributed by atoms with E-state index in [9.17, 15) is 4.79 Å². The molecule has 0 spiro atoms. The number of amides is 1. The molecule has 5 nitrogen and oxygen atoms in total. The summed E-state index contributed by atoms with van der Waals surface area (Å²) in [5, 5.41) is 3.88. The predicted molar refractivity (Wildman–Crippen MR) is 79.1 cm³/mol. The molecule has 116 valence electrons. The number of furan rings is 1. The fraction of sp³-hybridized carbons (Fsp3) is 0.667. The van der Waals surface area contributed by atoms with Crippen LogP contribution in [0.4, 0.5) is 4.79 Å². The zero-order valence-electron chi connectivity index (χ0n) is 12.6. The number of fused-ring (bicyclic) bond motifs is 1. The largest absolute Gasteiger partial charge is 0.448 e. The average molecular weight is 313 g/mol. The molecule has 1 aromatic heterocycles. The number of likely N-dealkylation sites (tertiary alicyclic amines) is 1. The molecule has 0 aromatic carbocycles. The fourth-order valence-corrected chi connectivity index (χ4v) is 3.13. The minimum atomic E-state index is -0.430. The highest BCUT2D eigenvalue weighted by Crippen LogP contribution is 2.45. The topological polar surface area (TPSA) is 54.7 Å². The first-order valence-corrected chi connectivity index (χ1v) is 7.67. The number of rotatable bonds is 3. The molecular formula is C15H21ClN2O3. The summed E-state index contributed by atoms with van der Waals surface area (Å²) in [7, 11) is 0. The van der Waals surface area contributed by atoms with Gasteiger partial charge in [0.15, 0.2) is 5.22 Å². The molecule has 1 saturated heterocycles. The van der Waals surface area contributed by atoms with E-state index in [0.717, 1.165) is 18.8 Å². The Morgan fingerprint density at radius 1 is 1.43 bits per heavy atom. The number of piperidine rings is 1. The Hall–Kier alpha value is -1.20. The zero-order valence-corrected chi connectivity index (χ0v) is 13.3. The molecule has 1 aliphatic carbocycles. The molecule has 1 aliphatic heterocycles. The Morgan fingerprint density at radius 2 is 2.10 bits per heavy atom. The lowest BCUT2D eigenvalue weighted by Gasteiger charge is -2.26. The van der Waals surface area contributed by atoms with Crippen LogP contribution in [0.1, 0.15) is 26.5 Å². The Kier molecular flexibility index (Phi) is 3.66. The first-order chi connectivity index (χ1) is 9.83. The summed E-state index contributed by atoms with van der Waals surface area (Å²) in [5.74, 6) is 1.90. The quantitative estimate of drug-likeness (QED) is 0.932. The van der Waals surface area contributed by atoms with Crippen molar-refractivity contribution in [2.75, 3.05) is 13.1 Å². The van der Waals surface area contributed by atoms with Gasteiger partial charge in [-0.1, -0.05) is 0 Å². The van der Waals surface area contributed by atoms with Gasteiger partial charge in [-0.15, -0.1) is 0 Å². The van der Waals surface area contributed by atoms with Crippen molar-refractivity contribution in [2.24, 2.45) is 11.8 Å². The second-order valence-corrected chi connectivity index (χ2v) is 7.20. The fourth-order valence-electron chi connectivity index (χ4n) is 2.97. The lowest BCUT2D eigenvalue weighted by atomic mass is 10.2. The van der Waals surface area contributed by atoms with Crippen LogP contribution in [0.2, 0.25) is 5.22 Å². The van der Waals surface area contributed by atoms with Crippen LogP contribution in [-0.4, -0.2) is 35.7 Å². The molecule has 3 rings (SSSR count). The van der Waals surface area contributed by atoms with Crippen LogP contribution in [-0.2, 0) is 11.3 Å². The van der Waals surface area contributed by atoms with Crippen molar-refractivity contribution >= 4 is 17.7 Å². The van der Waals surface area contributed by atoms with E-state index in [1.807, 2.05) is 31.7 Å². The van der Waals surface area contributed by atoms with Crippen molar-refractivity contribution < 1.29 is 13.9 Å². The van der Waals surface area contributed by atoms with Crippen molar-refractivity contribution in [3.8, 4) is 0 Å². The van der Waals surface area contributed by atoms with Crippen molar-refractivity contribution in [3.63, 3.8) is 0 Å². The van der Waals surface area contributed by atoms with Gasteiger partial charge in [0.05, 0.1) is 6.54 Å². The summed E-state index contributed by atoms with van der Waals surface area (Å²) < 4.78 is 10.7. The van der Waals surface area contributed by atoms with Crippen LogP contribution in [0.25, 0.3) is 0 Å². The van der Waals surface area contributed by atoms with Crippen LogP contribution >= 0.6 is 11.6 Å². The molecule has 2 heterocycles. The maximum atomic E-state index is 12.0. The number of carbonyl (C=O) groups excluding carboxylic acids is 1. The van der Waals surface area contributed by atoms with Gasteiger partial charge >= 0.3 is 6.09 Å². The van der Waals surface area contributed by atoms with Gasteiger partial charge in [0, 0.05) is 19.1 Å². The number of hydrogen-bond acceptors (Lipinski definition) is 4. The molecule has 6 heteroatoms. The summed E-state index contributed by atoms with van der Waals surface area (Å²) in [6, 6.07) is 4.09. The summed E-state index contributed by atoms with van der Waals surface area (Å²) in [4.78, 5) is 13.8. The Labute approximate surface area is 129 Å². The summed E-state index contributed by atoms with van der Waals surface area (Å²) >= 11 is 5.74. The predicted octanol–water partition coefficient (Wildman–Crippen LogP) is 2.89. The lowest BCUT2D eigenvalue weighted by molar-refractivity contribution is 0.0269. The highest BCUT2D eigenvalue weighted by Gasteiger charge is 2.56. The van der Waals surface area contributed by atoms with E-state index in [4.69, 9.17) is 20.8 Å². The third-order valence-corrected chi connectivity index (χ3v) is 4.19. The van der Waals surface area contributed by atoms with Crippen molar-refractivity contribution in [1.29, 1.82) is 0 Å². The third kappa shape index (κ3) is 3.35. The first-order valence-electron chi connectivity index (χ1n) is 7.29.